The van der Waals surface area contributed by atoms with Gasteiger partial charge in [-0.05, 0) is 40.9 Å². The number of hydrogen-bond donors (Lipinski definition) is 1. The van der Waals surface area contributed by atoms with Crippen LogP contribution in [-0.4, -0.2) is 13.0 Å². The third-order valence-corrected chi connectivity index (χ3v) is 3.89. The quantitative estimate of drug-likeness (QED) is 0.793. The van der Waals surface area contributed by atoms with E-state index in [0.29, 0.717) is 0 Å². The second kappa shape index (κ2) is 8.20. The van der Waals surface area contributed by atoms with E-state index in [9.17, 15) is 4.79 Å². The van der Waals surface area contributed by atoms with E-state index in [4.69, 9.17) is 4.74 Å². The van der Waals surface area contributed by atoms with Gasteiger partial charge >= 0.3 is 0 Å². The molecule has 0 radical (unpaired) electrons. The van der Waals surface area contributed by atoms with Crippen LogP contribution in [0.2, 0.25) is 0 Å². The fourth-order valence-corrected chi connectivity index (χ4v) is 2.28. The van der Waals surface area contributed by atoms with Crippen LogP contribution in [0.25, 0.3) is 0 Å². The van der Waals surface area contributed by atoms with Gasteiger partial charge in [0.05, 0.1) is 12.8 Å². The average Bonchev–Trinajstić information content (AvgIpc) is 2.42. The van der Waals surface area contributed by atoms with Gasteiger partial charge in [-0.1, -0.05) is 26.7 Å². The third kappa shape index (κ3) is 4.86. The Labute approximate surface area is 123 Å². The molecule has 3 nitrogen and oxygen atoms in total. The van der Waals surface area contributed by atoms with E-state index in [1.54, 1.807) is 7.11 Å². The Balaban J connectivity index is 2.74. The SMILES string of the molecule is CCCCC(CC)C(=O)Nc1cc(OC)ccc1Br. The lowest BCUT2D eigenvalue weighted by molar-refractivity contribution is -0.120. The summed E-state index contributed by atoms with van der Waals surface area (Å²) in [5.74, 6) is 0.906. The predicted molar refractivity (Wildman–Crippen MR) is 82.6 cm³/mol. The van der Waals surface area contributed by atoms with E-state index < -0.39 is 0 Å². The molecule has 1 aromatic carbocycles. The van der Waals surface area contributed by atoms with E-state index in [1.807, 2.05) is 18.2 Å². The molecule has 0 saturated heterocycles. The van der Waals surface area contributed by atoms with Crippen LogP contribution in [0.4, 0.5) is 5.69 Å². The maximum atomic E-state index is 12.2. The van der Waals surface area contributed by atoms with Crippen molar-refractivity contribution in [1.82, 2.24) is 0 Å². The molecular formula is C15H22BrNO2. The highest BCUT2D eigenvalue weighted by molar-refractivity contribution is 9.10. The number of methoxy groups -OCH3 is 1. The van der Waals surface area contributed by atoms with Crippen molar-refractivity contribution in [3.05, 3.63) is 22.7 Å². The summed E-state index contributed by atoms with van der Waals surface area (Å²) in [5.41, 5.74) is 0.763. The summed E-state index contributed by atoms with van der Waals surface area (Å²) in [6.45, 7) is 4.20. The van der Waals surface area contributed by atoms with Gasteiger partial charge in [0.1, 0.15) is 5.75 Å². The summed E-state index contributed by atoms with van der Waals surface area (Å²) < 4.78 is 6.04. The number of nitrogens with one attached hydrogen (secondary N) is 1. The van der Waals surface area contributed by atoms with Crippen LogP contribution < -0.4 is 10.1 Å². The Bertz CT molecular complexity index is 421. The Hall–Kier alpha value is -1.03. The van der Waals surface area contributed by atoms with Gasteiger partial charge < -0.3 is 10.1 Å². The standard InChI is InChI=1S/C15H22BrNO2/c1-4-6-7-11(5-2)15(18)17-14-10-12(19-3)8-9-13(14)16/h8-11H,4-7H2,1-3H3,(H,17,18). The summed E-state index contributed by atoms with van der Waals surface area (Å²) in [6, 6.07) is 5.56. The summed E-state index contributed by atoms with van der Waals surface area (Å²) in [6.07, 6.45) is 4.02. The van der Waals surface area contributed by atoms with Gasteiger partial charge in [0.2, 0.25) is 5.91 Å². The number of halogens is 1. The first-order valence-electron chi connectivity index (χ1n) is 6.76. The first kappa shape index (κ1) is 16.0. The van der Waals surface area contributed by atoms with E-state index >= 15 is 0 Å². The molecule has 106 valence electrons. The molecule has 0 aromatic heterocycles. The lowest BCUT2D eigenvalue weighted by atomic mass is 9.98. The molecule has 1 amide bonds. The van der Waals surface area contributed by atoms with Crippen molar-refractivity contribution < 1.29 is 9.53 Å². The van der Waals surface area contributed by atoms with Crippen molar-refractivity contribution >= 4 is 27.5 Å². The van der Waals surface area contributed by atoms with Gasteiger partial charge in [-0.25, -0.2) is 0 Å². The van der Waals surface area contributed by atoms with E-state index in [-0.39, 0.29) is 11.8 Å². The van der Waals surface area contributed by atoms with Crippen LogP contribution in [0.1, 0.15) is 39.5 Å². The van der Waals surface area contributed by atoms with Crippen LogP contribution in [0.15, 0.2) is 22.7 Å². The average molecular weight is 328 g/mol. The van der Waals surface area contributed by atoms with Gasteiger partial charge in [0.25, 0.3) is 0 Å². The largest absolute Gasteiger partial charge is 0.497 e. The zero-order valence-electron chi connectivity index (χ0n) is 11.8. The minimum atomic E-state index is 0.0815. The van der Waals surface area contributed by atoms with Gasteiger partial charge in [-0.2, -0.15) is 0 Å². The van der Waals surface area contributed by atoms with E-state index in [2.05, 4.69) is 35.1 Å². The lowest BCUT2D eigenvalue weighted by Crippen LogP contribution is -2.22. The molecule has 0 aliphatic rings. The minimum absolute atomic E-state index is 0.0815. The molecule has 1 aromatic rings. The number of carbonyl (C=O) groups is 1. The highest BCUT2D eigenvalue weighted by Gasteiger charge is 2.17. The number of carbonyl (C=O) groups excluding carboxylic acids is 1. The molecule has 1 atom stereocenters. The van der Waals surface area contributed by atoms with Crippen LogP contribution in [0, 0.1) is 5.92 Å². The fraction of sp³-hybridized carbons (Fsp3) is 0.533. The molecule has 0 aliphatic heterocycles. The molecule has 0 saturated carbocycles. The molecule has 1 rings (SSSR count). The molecule has 0 fully saturated rings. The molecule has 19 heavy (non-hydrogen) atoms. The minimum Gasteiger partial charge on any atom is -0.497 e. The fourth-order valence-electron chi connectivity index (χ4n) is 1.93. The monoisotopic (exact) mass is 327 g/mol. The zero-order chi connectivity index (χ0) is 14.3. The van der Waals surface area contributed by atoms with E-state index in [1.165, 1.54) is 0 Å². The first-order valence-corrected chi connectivity index (χ1v) is 7.56. The van der Waals surface area contributed by atoms with Crippen molar-refractivity contribution in [2.45, 2.75) is 39.5 Å². The van der Waals surface area contributed by atoms with Gasteiger partial charge in [-0.15, -0.1) is 0 Å². The Morgan fingerprint density at radius 1 is 1.42 bits per heavy atom. The van der Waals surface area contributed by atoms with Crippen molar-refractivity contribution in [3.8, 4) is 5.75 Å². The second-order valence-electron chi connectivity index (χ2n) is 4.58. The highest BCUT2D eigenvalue weighted by atomic mass is 79.9. The number of rotatable bonds is 7. The summed E-state index contributed by atoms with van der Waals surface area (Å²) >= 11 is 3.44. The molecule has 1 N–H and O–H groups in total. The molecule has 0 bridgehead atoms. The number of benzene rings is 1. The Morgan fingerprint density at radius 3 is 2.74 bits per heavy atom. The maximum absolute atomic E-state index is 12.2. The zero-order valence-corrected chi connectivity index (χ0v) is 13.4. The molecule has 4 heteroatoms. The van der Waals surface area contributed by atoms with Crippen LogP contribution >= 0.6 is 15.9 Å². The van der Waals surface area contributed by atoms with Crippen LogP contribution in [-0.2, 0) is 4.79 Å². The summed E-state index contributed by atoms with van der Waals surface area (Å²) in [4.78, 5) is 12.2. The molecule has 0 spiro atoms. The first-order chi connectivity index (χ1) is 9.12. The number of ether oxygens (including phenoxy) is 1. The Morgan fingerprint density at radius 2 is 2.16 bits per heavy atom. The molecule has 0 aliphatic carbocycles. The number of anilines is 1. The highest BCUT2D eigenvalue weighted by Crippen LogP contribution is 2.28. The van der Waals surface area contributed by atoms with Crippen LogP contribution in [0.5, 0.6) is 5.75 Å². The second-order valence-corrected chi connectivity index (χ2v) is 5.44. The number of unbranched alkanes of at least 4 members (excludes halogenated alkanes) is 1. The molecule has 1 unspecified atom stereocenters. The van der Waals surface area contributed by atoms with E-state index in [0.717, 1.165) is 41.6 Å². The van der Waals surface area contributed by atoms with Crippen LogP contribution in [0.3, 0.4) is 0 Å². The molecule has 0 heterocycles. The lowest BCUT2D eigenvalue weighted by Gasteiger charge is -2.16. The Kier molecular flexibility index (Phi) is 6.92. The summed E-state index contributed by atoms with van der Waals surface area (Å²) in [5, 5.41) is 2.98. The third-order valence-electron chi connectivity index (χ3n) is 3.20. The van der Waals surface area contributed by atoms with Crippen molar-refractivity contribution in [2.24, 2.45) is 5.92 Å². The normalized spacial score (nSPS) is 12.0. The smallest absolute Gasteiger partial charge is 0.227 e. The van der Waals surface area contributed by atoms with Crippen molar-refractivity contribution in [2.75, 3.05) is 12.4 Å². The summed E-state index contributed by atoms with van der Waals surface area (Å²) in [7, 11) is 1.62. The van der Waals surface area contributed by atoms with Crippen molar-refractivity contribution in [3.63, 3.8) is 0 Å². The molecular weight excluding hydrogens is 306 g/mol. The maximum Gasteiger partial charge on any atom is 0.227 e. The topological polar surface area (TPSA) is 38.3 Å². The number of amides is 1. The number of hydrogen-bond acceptors (Lipinski definition) is 2. The predicted octanol–water partition coefficient (Wildman–Crippen LogP) is 4.61. The van der Waals surface area contributed by atoms with Gasteiger partial charge in [0, 0.05) is 16.5 Å². The van der Waals surface area contributed by atoms with Crippen molar-refractivity contribution in [1.29, 1.82) is 0 Å². The van der Waals surface area contributed by atoms with Gasteiger partial charge in [0.15, 0.2) is 0 Å². The van der Waals surface area contributed by atoms with Gasteiger partial charge in [-0.3, -0.25) is 4.79 Å².